The van der Waals surface area contributed by atoms with Crippen LogP contribution in [0, 0.1) is 5.92 Å². The Balaban J connectivity index is 0.000000605. The van der Waals surface area contributed by atoms with Gasteiger partial charge in [0.25, 0.3) is 0 Å². The third kappa shape index (κ3) is 1.00. The topological polar surface area (TPSA) is 46.2 Å². The molecule has 11 heavy (non-hydrogen) atoms. The number of hydrogen-bond acceptors (Lipinski definition) is 2. The monoisotopic (exact) mass is 197 g/mol. The van der Waals surface area contributed by atoms with E-state index in [1.54, 1.807) is 0 Å². The maximum Gasteiger partial charge on any atom is 0.0962 e. The van der Waals surface area contributed by atoms with Crippen LogP contribution in [0.2, 0.25) is 0 Å². The van der Waals surface area contributed by atoms with Crippen molar-refractivity contribution in [3.63, 3.8) is 0 Å². The average molecular weight is 198 g/mol. The SMILES string of the molecule is Cl.NCC1(O)CC2CC1(Cl)C2. The van der Waals surface area contributed by atoms with Crippen molar-refractivity contribution >= 4 is 24.0 Å². The highest BCUT2D eigenvalue weighted by Gasteiger charge is 2.64. The van der Waals surface area contributed by atoms with Crippen molar-refractivity contribution in [1.29, 1.82) is 0 Å². The molecule has 0 heterocycles. The van der Waals surface area contributed by atoms with Crippen LogP contribution < -0.4 is 5.73 Å². The molecule has 0 saturated heterocycles. The van der Waals surface area contributed by atoms with Crippen LogP contribution in [-0.4, -0.2) is 22.1 Å². The molecule has 0 spiro atoms. The van der Waals surface area contributed by atoms with E-state index in [1.807, 2.05) is 0 Å². The Kier molecular flexibility index (Phi) is 2.17. The van der Waals surface area contributed by atoms with Gasteiger partial charge in [0, 0.05) is 6.54 Å². The zero-order valence-electron chi connectivity index (χ0n) is 6.22. The number of alkyl halides is 1. The van der Waals surface area contributed by atoms with Gasteiger partial charge in [0.15, 0.2) is 0 Å². The van der Waals surface area contributed by atoms with Crippen molar-refractivity contribution in [1.82, 2.24) is 0 Å². The summed E-state index contributed by atoms with van der Waals surface area (Å²) in [5.41, 5.74) is 4.69. The molecule has 3 rings (SSSR count). The van der Waals surface area contributed by atoms with Crippen molar-refractivity contribution < 1.29 is 5.11 Å². The minimum absolute atomic E-state index is 0. The fourth-order valence-electron chi connectivity index (χ4n) is 2.31. The lowest BCUT2D eigenvalue weighted by atomic mass is 9.80. The minimum atomic E-state index is -0.751. The van der Waals surface area contributed by atoms with Crippen LogP contribution >= 0.6 is 24.0 Å². The van der Waals surface area contributed by atoms with Gasteiger partial charge in [-0.2, -0.15) is 0 Å². The Morgan fingerprint density at radius 1 is 1.45 bits per heavy atom. The van der Waals surface area contributed by atoms with Crippen LogP contribution in [0.4, 0.5) is 0 Å². The largest absolute Gasteiger partial charge is 0.387 e. The summed E-state index contributed by atoms with van der Waals surface area (Å²) >= 11 is 6.11. The zero-order valence-corrected chi connectivity index (χ0v) is 7.79. The van der Waals surface area contributed by atoms with Gasteiger partial charge in [-0.1, -0.05) is 0 Å². The van der Waals surface area contributed by atoms with E-state index in [1.165, 1.54) is 0 Å². The summed E-state index contributed by atoms with van der Waals surface area (Å²) in [5, 5.41) is 9.81. The van der Waals surface area contributed by atoms with Gasteiger partial charge in [-0.3, -0.25) is 0 Å². The van der Waals surface area contributed by atoms with Gasteiger partial charge in [0.05, 0.1) is 10.5 Å². The molecule has 0 aromatic carbocycles. The minimum Gasteiger partial charge on any atom is -0.387 e. The summed E-state index contributed by atoms with van der Waals surface area (Å²) < 4.78 is 0. The Morgan fingerprint density at radius 2 is 2.00 bits per heavy atom. The summed E-state index contributed by atoms with van der Waals surface area (Å²) in [4.78, 5) is -0.355. The Hall–Kier alpha value is 0.500. The smallest absolute Gasteiger partial charge is 0.0962 e. The Morgan fingerprint density at radius 3 is 2.18 bits per heavy atom. The molecule has 0 aliphatic heterocycles. The second-order valence-electron chi connectivity index (χ2n) is 3.68. The third-order valence-electron chi connectivity index (χ3n) is 3.02. The number of rotatable bonds is 1. The van der Waals surface area contributed by atoms with E-state index in [0.717, 1.165) is 19.3 Å². The fourth-order valence-corrected chi connectivity index (χ4v) is 2.90. The summed E-state index contributed by atoms with van der Waals surface area (Å²) in [6, 6.07) is 0. The van der Waals surface area contributed by atoms with Gasteiger partial charge in [0.1, 0.15) is 0 Å². The van der Waals surface area contributed by atoms with E-state index < -0.39 is 5.60 Å². The fraction of sp³-hybridized carbons (Fsp3) is 1.00. The van der Waals surface area contributed by atoms with Gasteiger partial charge >= 0.3 is 0 Å². The molecule has 0 radical (unpaired) electrons. The predicted octanol–water partition coefficient (Wildman–Crippen LogP) is 0.889. The number of aliphatic hydroxyl groups is 1. The highest BCUT2D eigenvalue weighted by Crippen LogP contribution is 2.61. The summed E-state index contributed by atoms with van der Waals surface area (Å²) in [6.45, 7) is 0.312. The van der Waals surface area contributed by atoms with Crippen LogP contribution in [0.1, 0.15) is 19.3 Å². The van der Waals surface area contributed by atoms with Gasteiger partial charge in [0.2, 0.25) is 0 Å². The van der Waals surface area contributed by atoms with Crippen LogP contribution in [-0.2, 0) is 0 Å². The molecule has 3 fully saturated rings. The predicted molar refractivity (Wildman–Crippen MR) is 47.2 cm³/mol. The summed E-state index contributed by atoms with van der Waals surface area (Å²) in [5.74, 6) is 0.644. The Labute approximate surface area is 77.5 Å². The molecule has 3 aliphatic carbocycles. The lowest BCUT2D eigenvalue weighted by molar-refractivity contribution is 0.0341. The number of halogens is 2. The van der Waals surface area contributed by atoms with Crippen molar-refractivity contribution in [2.24, 2.45) is 11.7 Å². The number of hydrogen-bond donors (Lipinski definition) is 2. The van der Waals surface area contributed by atoms with Gasteiger partial charge in [-0.05, 0) is 25.2 Å². The maximum absolute atomic E-state index is 9.81. The molecule has 0 aromatic heterocycles. The lowest BCUT2D eigenvalue weighted by Crippen LogP contribution is -2.51. The van der Waals surface area contributed by atoms with Gasteiger partial charge in [-0.15, -0.1) is 24.0 Å². The van der Waals surface area contributed by atoms with Crippen LogP contribution in [0.25, 0.3) is 0 Å². The van der Waals surface area contributed by atoms with E-state index in [-0.39, 0.29) is 17.3 Å². The Bertz CT molecular complexity index is 170. The maximum atomic E-state index is 9.81. The van der Waals surface area contributed by atoms with Gasteiger partial charge < -0.3 is 10.8 Å². The molecule has 66 valence electrons. The zero-order chi connectivity index (χ0) is 7.41. The van der Waals surface area contributed by atoms with E-state index >= 15 is 0 Å². The van der Waals surface area contributed by atoms with E-state index in [0.29, 0.717) is 12.5 Å². The molecular weight excluding hydrogens is 185 g/mol. The molecule has 2 bridgehead atoms. The first-order valence-electron chi connectivity index (χ1n) is 3.71. The second kappa shape index (κ2) is 2.49. The number of fused-ring (bicyclic) bond motifs is 1. The van der Waals surface area contributed by atoms with E-state index in [2.05, 4.69) is 0 Å². The van der Waals surface area contributed by atoms with Crippen molar-refractivity contribution in [2.45, 2.75) is 29.7 Å². The molecule has 1 atom stereocenters. The molecule has 3 saturated carbocycles. The first-order chi connectivity index (χ1) is 4.60. The quantitative estimate of drug-likeness (QED) is 0.614. The highest BCUT2D eigenvalue weighted by molar-refractivity contribution is 6.26. The van der Waals surface area contributed by atoms with E-state index in [9.17, 15) is 5.11 Å². The molecule has 4 heteroatoms. The number of nitrogens with two attached hydrogens (primary N) is 1. The standard InChI is InChI=1S/C7H12ClNO.ClH/c8-6-1-5(2-6)3-7(6,10)4-9;/h5,10H,1-4,9H2;1H. The summed E-state index contributed by atoms with van der Waals surface area (Å²) in [6.07, 6.45) is 2.73. The molecule has 1 unspecified atom stereocenters. The summed E-state index contributed by atoms with van der Waals surface area (Å²) in [7, 11) is 0. The van der Waals surface area contributed by atoms with Crippen LogP contribution in [0.5, 0.6) is 0 Å². The van der Waals surface area contributed by atoms with Crippen molar-refractivity contribution in [3.8, 4) is 0 Å². The molecule has 2 nitrogen and oxygen atoms in total. The third-order valence-corrected chi connectivity index (χ3v) is 3.68. The van der Waals surface area contributed by atoms with Crippen molar-refractivity contribution in [3.05, 3.63) is 0 Å². The average Bonchev–Trinajstić information content (AvgIpc) is 2.17. The van der Waals surface area contributed by atoms with E-state index in [4.69, 9.17) is 17.3 Å². The highest BCUT2D eigenvalue weighted by atomic mass is 35.5. The second-order valence-corrected chi connectivity index (χ2v) is 4.40. The molecule has 0 aromatic rings. The molecular formula is C7H13Cl2NO. The first kappa shape index (κ1) is 9.59. The van der Waals surface area contributed by atoms with Gasteiger partial charge in [-0.25, -0.2) is 0 Å². The van der Waals surface area contributed by atoms with Crippen LogP contribution in [0.15, 0.2) is 0 Å². The lowest BCUT2D eigenvalue weighted by Gasteiger charge is -2.39. The molecule has 0 amide bonds. The molecule has 3 aliphatic rings. The van der Waals surface area contributed by atoms with Crippen molar-refractivity contribution in [2.75, 3.05) is 6.54 Å². The molecule has 3 N–H and O–H groups in total. The van der Waals surface area contributed by atoms with Crippen LogP contribution in [0.3, 0.4) is 0 Å². The normalized spacial score (nSPS) is 53.2. The first-order valence-corrected chi connectivity index (χ1v) is 4.09.